The second kappa shape index (κ2) is 8.23. The van der Waals surface area contributed by atoms with Crippen LogP contribution in [0.1, 0.15) is 13.3 Å². The van der Waals surface area contributed by atoms with E-state index in [-0.39, 0.29) is 12.0 Å². The number of nitrogens with two attached hydrogens (primary N) is 1. The standard InChI is InChI=1S/C22H24FN3O4/c1-4-19(26(2)3)30-18-12-15-20(22-21(18)27-9-10-28-22)17(7-8-25-15)29-16-6-5-13(24)11-14(16)23/h5-8,11-12,19H,4,9-10,24H2,1-3H3. The van der Waals surface area contributed by atoms with Gasteiger partial charge in [-0.3, -0.25) is 9.88 Å². The highest BCUT2D eigenvalue weighted by Crippen LogP contribution is 2.48. The number of hydrogen-bond donors (Lipinski definition) is 1. The molecule has 158 valence electrons. The fourth-order valence-corrected chi connectivity index (χ4v) is 3.37. The number of benzene rings is 2. The van der Waals surface area contributed by atoms with Gasteiger partial charge in [-0.1, -0.05) is 6.92 Å². The molecule has 0 spiro atoms. The van der Waals surface area contributed by atoms with E-state index in [9.17, 15) is 4.39 Å². The number of aromatic nitrogens is 1. The average molecular weight is 413 g/mol. The molecule has 2 N–H and O–H groups in total. The van der Waals surface area contributed by atoms with Gasteiger partial charge in [0.2, 0.25) is 5.75 Å². The Morgan fingerprint density at radius 2 is 1.87 bits per heavy atom. The van der Waals surface area contributed by atoms with Crippen LogP contribution in [0.15, 0.2) is 36.5 Å². The molecular formula is C22H24FN3O4. The van der Waals surface area contributed by atoms with Crippen molar-refractivity contribution < 1.29 is 23.3 Å². The number of pyridine rings is 1. The molecule has 0 fully saturated rings. The summed E-state index contributed by atoms with van der Waals surface area (Å²) in [6.07, 6.45) is 2.24. The van der Waals surface area contributed by atoms with Crippen LogP contribution in [0.2, 0.25) is 0 Å². The molecule has 8 heteroatoms. The molecule has 0 saturated heterocycles. The fraction of sp³-hybridized carbons (Fsp3) is 0.318. The van der Waals surface area contributed by atoms with Crippen molar-refractivity contribution in [3.8, 4) is 28.7 Å². The zero-order chi connectivity index (χ0) is 21.3. The Morgan fingerprint density at radius 1 is 1.10 bits per heavy atom. The first-order valence-electron chi connectivity index (χ1n) is 9.75. The highest BCUT2D eigenvalue weighted by molar-refractivity contribution is 5.95. The summed E-state index contributed by atoms with van der Waals surface area (Å²) in [6.45, 7) is 2.82. The Morgan fingerprint density at radius 3 is 2.57 bits per heavy atom. The zero-order valence-electron chi connectivity index (χ0n) is 17.1. The zero-order valence-corrected chi connectivity index (χ0v) is 17.1. The molecule has 0 saturated carbocycles. The maximum atomic E-state index is 14.3. The van der Waals surface area contributed by atoms with Crippen LogP contribution in [0.3, 0.4) is 0 Å². The van der Waals surface area contributed by atoms with Gasteiger partial charge >= 0.3 is 0 Å². The van der Waals surface area contributed by atoms with Crippen molar-refractivity contribution >= 4 is 16.6 Å². The summed E-state index contributed by atoms with van der Waals surface area (Å²) < 4.78 is 38.2. The largest absolute Gasteiger partial charge is 0.485 e. The van der Waals surface area contributed by atoms with E-state index >= 15 is 0 Å². The molecule has 0 amide bonds. The summed E-state index contributed by atoms with van der Waals surface area (Å²) in [7, 11) is 3.90. The molecular weight excluding hydrogens is 389 g/mol. The van der Waals surface area contributed by atoms with Gasteiger partial charge in [-0.15, -0.1) is 0 Å². The van der Waals surface area contributed by atoms with E-state index in [4.69, 9.17) is 24.7 Å². The van der Waals surface area contributed by atoms with E-state index in [1.807, 2.05) is 25.9 Å². The molecule has 0 radical (unpaired) electrons. The van der Waals surface area contributed by atoms with Crippen LogP contribution in [0.25, 0.3) is 10.9 Å². The number of halogens is 1. The second-order valence-corrected chi connectivity index (χ2v) is 7.17. The first-order chi connectivity index (χ1) is 14.5. The predicted molar refractivity (Wildman–Crippen MR) is 112 cm³/mol. The first kappa shape index (κ1) is 20.0. The molecule has 1 atom stereocenters. The smallest absolute Gasteiger partial charge is 0.204 e. The van der Waals surface area contributed by atoms with Crippen LogP contribution >= 0.6 is 0 Å². The summed E-state index contributed by atoms with van der Waals surface area (Å²) in [5, 5.41) is 0.591. The van der Waals surface area contributed by atoms with Gasteiger partial charge in [0, 0.05) is 24.0 Å². The van der Waals surface area contributed by atoms with Crippen LogP contribution < -0.4 is 24.7 Å². The highest BCUT2D eigenvalue weighted by atomic mass is 19.1. The topological polar surface area (TPSA) is 79.1 Å². The van der Waals surface area contributed by atoms with Gasteiger partial charge in [0.05, 0.1) is 10.9 Å². The van der Waals surface area contributed by atoms with Crippen LogP contribution in [0.5, 0.6) is 28.7 Å². The number of nitrogens with zero attached hydrogens (tertiary/aromatic N) is 2. The summed E-state index contributed by atoms with van der Waals surface area (Å²) in [5.41, 5.74) is 6.55. The lowest BCUT2D eigenvalue weighted by Crippen LogP contribution is -2.33. The van der Waals surface area contributed by atoms with E-state index < -0.39 is 5.82 Å². The van der Waals surface area contributed by atoms with Crippen molar-refractivity contribution in [1.82, 2.24) is 9.88 Å². The van der Waals surface area contributed by atoms with E-state index in [1.165, 1.54) is 12.1 Å². The lowest BCUT2D eigenvalue weighted by molar-refractivity contribution is 0.0549. The molecule has 7 nitrogen and oxygen atoms in total. The molecule has 0 bridgehead atoms. The highest BCUT2D eigenvalue weighted by Gasteiger charge is 2.26. The van der Waals surface area contributed by atoms with E-state index in [0.29, 0.717) is 52.8 Å². The Labute approximate surface area is 174 Å². The van der Waals surface area contributed by atoms with Gasteiger partial charge in [-0.05, 0) is 38.7 Å². The fourth-order valence-electron chi connectivity index (χ4n) is 3.37. The molecule has 1 aliphatic heterocycles. The third-order valence-corrected chi connectivity index (χ3v) is 4.81. The van der Waals surface area contributed by atoms with Crippen molar-refractivity contribution in [3.05, 3.63) is 42.3 Å². The minimum absolute atomic E-state index is 0.0566. The molecule has 30 heavy (non-hydrogen) atoms. The predicted octanol–water partition coefficient (Wildman–Crippen LogP) is 4.20. The minimum Gasteiger partial charge on any atom is -0.485 e. The minimum atomic E-state index is -0.553. The van der Waals surface area contributed by atoms with Gasteiger partial charge in [-0.25, -0.2) is 4.39 Å². The van der Waals surface area contributed by atoms with Crippen molar-refractivity contribution in [3.63, 3.8) is 0 Å². The van der Waals surface area contributed by atoms with E-state index in [1.54, 1.807) is 24.4 Å². The van der Waals surface area contributed by atoms with Crippen molar-refractivity contribution in [2.75, 3.05) is 33.0 Å². The van der Waals surface area contributed by atoms with Crippen molar-refractivity contribution in [1.29, 1.82) is 0 Å². The number of hydrogen-bond acceptors (Lipinski definition) is 7. The first-order valence-corrected chi connectivity index (χ1v) is 9.75. The monoisotopic (exact) mass is 413 g/mol. The van der Waals surface area contributed by atoms with Crippen molar-refractivity contribution in [2.45, 2.75) is 19.6 Å². The Kier molecular flexibility index (Phi) is 5.50. The number of anilines is 1. The van der Waals surface area contributed by atoms with Gasteiger partial charge in [0.1, 0.15) is 19.0 Å². The SMILES string of the molecule is CCC(Oc1cc2nccc(Oc3ccc(N)cc3F)c2c2c1OCCO2)N(C)C. The third kappa shape index (κ3) is 3.78. The normalized spacial score (nSPS) is 14.0. The molecule has 4 rings (SSSR count). The number of rotatable bonds is 6. The summed E-state index contributed by atoms with van der Waals surface area (Å²) >= 11 is 0. The van der Waals surface area contributed by atoms with Crippen LogP contribution in [0, 0.1) is 5.82 Å². The maximum Gasteiger partial charge on any atom is 0.204 e. The summed E-state index contributed by atoms with van der Waals surface area (Å²) in [5.74, 6) is 1.41. The quantitative estimate of drug-likeness (QED) is 0.479. The van der Waals surface area contributed by atoms with Crippen LogP contribution in [-0.4, -0.2) is 43.4 Å². The van der Waals surface area contributed by atoms with Gasteiger partial charge in [0.15, 0.2) is 29.3 Å². The molecule has 2 aromatic carbocycles. The average Bonchev–Trinajstić information content (AvgIpc) is 2.73. The number of ether oxygens (including phenoxy) is 4. The molecule has 1 unspecified atom stereocenters. The van der Waals surface area contributed by atoms with E-state index in [2.05, 4.69) is 4.98 Å². The molecule has 0 aliphatic carbocycles. The molecule has 1 aliphatic rings. The Hall–Kier alpha value is -3.26. The van der Waals surface area contributed by atoms with Crippen molar-refractivity contribution in [2.24, 2.45) is 0 Å². The summed E-state index contributed by atoms with van der Waals surface area (Å²) in [6, 6.07) is 7.73. The van der Waals surface area contributed by atoms with Gasteiger partial charge in [0.25, 0.3) is 0 Å². The van der Waals surface area contributed by atoms with Gasteiger partial charge < -0.3 is 24.7 Å². The summed E-state index contributed by atoms with van der Waals surface area (Å²) in [4.78, 5) is 6.43. The maximum absolute atomic E-state index is 14.3. The molecule has 2 heterocycles. The Balaban J connectivity index is 1.82. The van der Waals surface area contributed by atoms with Crippen LogP contribution in [0.4, 0.5) is 10.1 Å². The van der Waals surface area contributed by atoms with Gasteiger partial charge in [-0.2, -0.15) is 0 Å². The molecule has 3 aromatic rings. The lowest BCUT2D eigenvalue weighted by Gasteiger charge is -2.28. The Bertz CT molecular complexity index is 1070. The lowest BCUT2D eigenvalue weighted by atomic mass is 10.1. The number of nitrogen functional groups attached to an aromatic ring is 1. The molecule has 1 aromatic heterocycles. The third-order valence-electron chi connectivity index (χ3n) is 4.81. The van der Waals surface area contributed by atoms with E-state index in [0.717, 1.165) is 6.42 Å². The second-order valence-electron chi connectivity index (χ2n) is 7.17. The van der Waals surface area contributed by atoms with Crippen LogP contribution in [-0.2, 0) is 0 Å². The number of fused-ring (bicyclic) bond motifs is 3.